The highest BCUT2D eigenvalue weighted by molar-refractivity contribution is 7.16. The molecule has 2 aromatic heterocycles. The molecule has 0 aliphatic heterocycles. The molecule has 7 heteroatoms. The highest BCUT2D eigenvalue weighted by atomic mass is 32.1. The fourth-order valence-corrected chi connectivity index (χ4v) is 3.71. The third-order valence-electron chi connectivity index (χ3n) is 4.19. The Balaban J connectivity index is 1.59. The number of anilines is 3. The first-order chi connectivity index (χ1) is 13.8. The van der Waals surface area contributed by atoms with Gasteiger partial charge in [-0.2, -0.15) is 10.4 Å². The van der Waals surface area contributed by atoms with Gasteiger partial charge in [-0.05, 0) is 42.5 Å². The molecule has 2 heterocycles. The van der Waals surface area contributed by atoms with Crippen LogP contribution in [0.5, 0.6) is 0 Å². The molecule has 2 aromatic carbocycles. The van der Waals surface area contributed by atoms with Gasteiger partial charge >= 0.3 is 0 Å². The van der Waals surface area contributed by atoms with Crippen LogP contribution in [0.2, 0.25) is 0 Å². The van der Waals surface area contributed by atoms with E-state index < -0.39 is 0 Å². The Morgan fingerprint density at radius 2 is 1.93 bits per heavy atom. The van der Waals surface area contributed by atoms with Crippen molar-refractivity contribution in [3.05, 3.63) is 78.2 Å². The molecule has 0 unspecified atom stereocenters. The molecule has 2 N–H and O–H groups in total. The lowest BCUT2D eigenvalue weighted by molar-refractivity contribution is 0.636. The van der Waals surface area contributed by atoms with E-state index in [4.69, 9.17) is 5.26 Å². The molecule has 0 saturated heterocycles. The second-order valence-corrected chi connectivity index (χ2v) is 7.20. The van der Waals surface area contributed by atoms with E-state index in [0.717, 1.165) is 27.5 Å². The molecule has 0 saturated carbocycles. The van der Waals surface area contributed by atoms with Gasteiger partial charge in [-0.15, -0.1) is 11.3 Å². The summed E-state index contributed by atoms with van der Waals surface area (Å²) in [6.07, 6.45) is 3.24. The summed E-state index contributed by atoms with van der Waals surface area (Å²) in [5.74, 6) is 0. The molecule has 0 atom stereocenters. The van der Waals surface area contributed by atoms with Gasteiger partial charge in [-0.25, -0.2) is 4.98 Å². The fourth-order valence-electron chi connectivity index (χ4n) is 2.87. The van der Waals surface area contributed by atoms with Crippen molar-refractivity contribution in [1.29, 1.82) is 5.26 Å². The molecule has 4 aromatic rings. The first-order valence-corrected chi connectivity index (χ1v) is 9.66. The minimum absolute atomic E-state index is 0.704. The number of hydrogen-bond acceptors (Lipinski definition) is 6. The van der Waals surface area contributed by atoms with Crippen molar-refractivity contribution in [2.24, 2.45) is 0 Å². The number of para-hydroxylation sites is 1. The van der Waals surface area contributed by atoms with Crippen LogP contribution in [-0.4, -0.2) is 21.3 Å². The third kappa shape index (κ3) is 4.19. The molecule has 0 aliphatic rings. The number of nitrogens with zero attached hydrogens (tertiary/aromatic N) is 4. The summed E-state index contributed by atoms with van der Waals surface area (Å²) in [5.41, 5.74) is 4.11. The average molecular weight is 386 g/mol. The Morgan fingerprint density at radius 3 is 2.68 bits per heavy atom. The average Bonchev–Trinajstić information content (AvgIpc) is 3.41. The van der Waals surface area contributed by atoms with Crippen molar-refractivity contribution in [2.75, 3.05) is 17.2 Å². The monoisotopic (exact) mass is 386 g/mol. The van der Waals surface area contributed by atoms with E-state index in [9.17, 15) is 0 Å². The van der Waals surface area contributed by atoms with E-state index >= 15 is 0 Å². The highest BCUT2D eigenvalue weighted by Gasteiger charge is 2.10. The molecule has 0 amide bonds. The van der Waals surface area contributed by atoms with Gasteiger partial charge in [0.25, 0.3) is 0 Å². The summed E-state index contributed by atoms with van der Waals surface area (Å²) >= 11 is 1.49. The summed E-state index contributed by atoms with van der Waals surface area (Å²) in [4.78, 5) is 5.74. The number of aromatic nitrogens is 3. The molecule has 0 bridgehead atoms. The lowest BCUT2D eigenvalue weighted by Gasteiger charge is -2.14. The Kier molecular flexibility index (Phi) is 5.31. The molecule has 0 spiro atoms. The molecule has 0 radical (unpaired) electrons. The molecule has 6 nitrogen and oxygen atoms in total. The zero-order chi connectivity index (χ0) is 19.2. The van der Waals surface area contributed by atoms with Crippen molar-refractivity contribution in [3.63, 3.8) is 0 Å². The first-order valence-electron chi connectivity index (χ1n) is 8.84. The van der Waals surface area contributed by atoms with Crippen LogP contribution in [0.15, 0.2) is 73.3 Å². The van der Waals surface area contributed by atoms with E-state index in [1.165, 1.54) is 17.7 Å². The molecule has 28 heavy (non-hydrogen) atoms. The lowest BCUT2D eigenvalue weighted by Crippen LogP contribution is -2.11. The fraction of sp³-hybridized carbons (Fsp3) is 0.0952. The second-order valence-electron chi connectivity index (χ2n) is 6.11. The van der Waals surface area contributed by atoms with Crippen LogP contribution in [-0.2, 0) is 6.54 Å². The van der Waals surface area contributed by atoms with E-state index in [2.05, 4.69) is 45.0 Å². The summed E-state index contributed by atoms with van der Waals surface area (Å²) < 4.78 is 1.79. The van der Waals surface area contributed by atoms with Crippen LogP contribution in [0.1, 0.15) is 4.88 Å². The van der Waals surface area contributed by atoms with Crippen LogP contribution in [0.25, 0.3) is 10.4 Å². The standard InChI is InChI=1S/C21H18N6S/c22-13-18-7-9-21(28-18)19-8-6-17(26-16-4-2-1-3-5-16)12-20(19)24-10-11-27-15-23-14-25-27/h1-9,12,14-15,24,26H,10-11H2. The Hall–Kier alpha value is -3.63. The van der Waals surface area contributed by atoms with E-state index in [-0.39, 0.29) is 0 Å². The van der Waals surface area contributed by atoms with Crippen molar-refractivity contribution >= 4 is 28.4 Å². The number of nitriles is 1. The SMILES string of the molecule is N#Cc1ccc(-c2ccc(Nc3ccccc3)cc2NCCn2cncn2)s1. The zero-order valence-corrected chi connectivity index (χ0v) is 15.9. The number of nitrogens with one attached hydrogen (secondary N) is 2. The van der Waals surface area contributed by atoms with Crippen LogP contribution in [0, 0.1) is 11.3 Å². The lowest BCUT2D eigenvalue weighted by atomic mass is 10.1. The third-order valence-corrected chi connectivity index (χ3v) is 5.21. The van der Waals surface area contributed by atoms with E-state index in [1.54, 1.807) is 11.0 Å². The Labute approximate surface area is 167 Å². The maximum atomic E-state index is 9.14. The molecular weight excluding hydrogens is 368 g/mol. The minimum atomic E-state index is 0.704. The van der Waals surface area contributed by atoms with Gasteiger partial charge in [0, 0.05) is 34.0 Å². The minimum Gasteiger partial charge on any atom is -0.383 e. The Bertz CT molecular complexity index is 1080. The van der Waals surface area contributed by atoms with Crippen molar-refractivity contribution < 1.29 is 0 Å². The summed E-state index contributed by atoms with van der Waals surface area (Å²) in [5, 5.41) is 20.2. The molecule has 0 fully saturated rings. The predicted octanol–water partition coefficient (Wildman–Crippen LogP) is 4.73. The van der Waals surface area contributed by atoms with E-state index in [1.807, 2.05) is 42.5 Å². The zero-order valence-electron chi connectivity index (χ0n) is 15.0. The number of benzene rings is 2. The predicted molar refractivity (Wildman–Crippen MR) is 113 cm³/mol. The van der Waals surface area contributed by atoms with Gasteiger partial charge in [0.1, 0.15) is 23.6 Å². The second kappa shape index (κ2) is 8.37. The van der Waals surface area contributed by atoms with Gasteiger partial charge in [0.15, 0.2) is 0 Å². The van der Waals surface area contributed by atoms with Gasteiger partial charge in [-0.3, -0.25) is 4.68 Å². The topological polar surface area (TPSA) is 78.6 Å². The smallest absolute Gasteiger partial charge is 0.137 e. The largest absolute Gasteiger partial charge is 0.383 e. The molecule has 4 rings (SSSR count). The van der Waals surface area contributed by atoms with E-state index in [0.29, 0.717) is 18.0 Å². The first kappa shape index (κ1) is 17.8. The Morgan fingerprint density at radius 1 is 1.04 bits per heavy atom. The van der Waals surface area contributed by atoms with Crippen LogP contribution in [0.4, 0.5) is 17.1 Å². The summed E-state index contributed by atoms with van der Waals surface area (Å²) in [6, 6.07) is 22.3. The maximum absolute atomic E-state index is 9.14. The van der Waals surface area contributed by atoms with Crippen molar-refractivity contribution in [2.45, 2.75) is 6.54 Å². The van der Waals surface area contributed by atoms with Crippen molar-refractivity contribution in [3.8, 4) is 16.5 Å². The van der Waals surface area contributed by atoms with Gasteiger partial charge in [0.05, 0.1) is 6.54 Å². The highest BCUT2D eigenvalue weighted by Crippen LogP contribution is 2.35. The number of hydrogen-bond donors (Lipinski definition) is 2. The summed E-state index contributed by atoms with van der Waals surface area (Å²) in [7, 11) is 0. The molecular formula is C21H18N6S. The quantitative estimate of drug-likeness (QED) is 0.480. The van der Waals surface area contributed by atoms with Crippen molar-refractivity contribution in [1.82, 2.24) is 14.8 Å². The van der Waals surface area contributed by atoms with Gasteiger partial charge in [0.2, 0.25) is 0 Å². The normalized spacial score (nSPS) is 10.4. The maximum Gasteiger partial charge on any atom is 0.137 e. The molecule has 138 valence electrons. The number of thiophene rings is 1. The van der Waals surface area contributed by atoms with Crippen LogP contribution >= 0.6 is 11.3 Å². The number of rotatable bonds is 7. The van der Waals surface area contributed by atoms with Gasteiger partial charge in [-0.1, -0.05) is 18.2 Å². The van der Waals surface area contributed by atoms with Crippen LogP contribution in [0.3, 0.4) is 0 Å². The molecule has 0 aliphatic carbocycles. The summed E-state index contributed by atoms with van der Waals surface area (Å²) in [6.45, 7) is 1.42. The van der Waals surface area contributed by atoms with Gasteiger partial charge < -0.3 is 10.6 Å². The van der Waals surface area contributed by atoms with Crippen LogP contribution < -0.4 is 10.6 Å².